The molecule has 0 saturated heterocycles. The summed E-state index contributed by atoms with van der Waals surface area (Å²) in [5, 5.41) is 0. The van der Waals surface area contributed by atoms with Gasteiger partial charge in [0, 0.05) is 6.04 Å². The summed E-state index contributed by atoms with van der Waals surface area (Å²) in [7, 11) is 0. The number of ether oxygens (including phenoxy) is 1. The van der Waals surface area contributed by atoms with Crippen LogP contribution in [0.4, 0.5) is 22.0 Å². The fourth-order valence-corrected chi connectivity index (χ4v) is 1.39. The highest BCUT2D eigenvalue weighted by Crippen LogP contribution is 2.22. The van der Waals surface area contributed by atoms with Crippen LogP contribution in [0.15, 0.2) is 24.3 Å². The Hall–Kier alpha value is -1.21. The van der Waals surface area contributed by atoms with Crippen LogP contribution in [0.3, 0.4) is 0 Å². The molecule has 0 fully saturated rings. The molecule has 0 aromatic heterocycles. The summed E-state index contributed by atoms with van der Waals surface area (Å²) in [6.07, 6.45) is -3.48. The standard InChI is InChI=1S/C12H14F5NO/c13-9-3-1-8(2-4-9)5-10(18)6-19-7-12(16,17)11(14)15/h1-4,10-11H,5-7,18H2. The largest absolute Gasteiger partial charge is 0.373 e. The van der Waals surface area contributed by atoms with Gasteiger partial charge in [-0.2, -0.15) is 8.78 Å². The fraction of sp³-hybridized carbons (Fsp3) is 0.500. The molecule has 0 bridgehead atoms. The van der Waals surface area contributed by atoms with Gasteiger partial charge in [0.25, 0.3) is 0 Å². The van der Waals surface area contributed by atoms with E-state index in [1.54, 1.807) is 0 Å². The van der Waals surface area contributed by atoms with Gasteiger partial charge in [-0.3, -0.25) is 0 Å². The molecule has 1 aromatic rings. The summed E-state index contributed by atoms with van der Waals surface area (Å²) in [5.41, 5.74) is 6.30. The molecule has 0 aliphatic rings. The molecule has 108 valence electrons. The van der Waals surface area contributed by atoms with E-state index in [0.29, 0.717) is 5.56 Å². The summed E-state index contributed by atoms with van der Waals surface area (Å²) in [5.74, 6) is -4.57. The van der Waals surface area contributed by atoms with E-state index in [9.17, 15) is 22.0 Å². The van der Waals surface area contributed by atoms with Crippen molar-refractivity contribution in [2.75, 3.05) is 13.2 Å². The smallest absolute Gasteiger partial charge is 0.330 e. The molecule has 0 heterocycles. The van der Waals surface area contributed by atoms with Crippen molar-refractivity contribution in [2.45, 2.75) is 24.8 Å². The molecule has 1 aromatic carbocycles. The second-order valence-corrected chi connectivity index (χ2v) is 4.17. The molecule has 0 aliphatic carbocycles. The molecule has 0 spiro atoms. The predicted molar refractivity (Wildman–Crippen MR) is 59.8 cm³/mol. The fourth-order valence-electron chi connectivity index (χ4n) is 1.39. The van der Waals surface area contributed by atoms with E-state index in [4.69, 9.17) is 5.73 Å². The quantitative estimate of drug-likeness (QED) is 0.781. The van der Waals surface area contributed by atoms with Crippen LogP contribution in [0.25, 0.3) is 0 Å². The third-order valence-electron chi connectivity index (χ3n) is 2.36. The molecule has 2 N–H and O–H groups in total. The molecule has 1 rings (SSSR count). The van der Waals surface area contributed by atoms with Crippen LogP contribution in [0.5, 0.6) is 0 Å². The van der Waals surface area contributed by atoms with E-state index in [0.717, 1.165) is 0 Å². The molecule has 1 atom stereocenters. The van der Waals surface area contributed by atoms with Crippen LogP contribution in [0.1, 0.15) is 5.56 Å². The molecular formula is C12H14F5NO. The summed E-state index contributed by atoms with van der Waals surface area (Å²) in [4.78, 5) is 0. The number of hydrogen-bond donors (Lipinski definition) is 1. The van der Waals surface area contributed by atoms with Crippen molar-refractivity contribution >= 4 is 0 Å². The monoisotopic (exact) mass is 283 g/mol. The number of halogens is 5. The van der Waals surface area contributed by atoms with Gasteiger partial charge in [0.1, 0.15) is 12.4 Å². The van der Waals surface area contributed by atoms with Crippen molar-refractivity contribution in [1.82, 2.24) is 0 Å². The minimum atomic E-state index is -4.17. The summed E-state index contributed by atoms with van der Waals surface area (Å²) < 4.78 is 65.8. The first-order valence-corrected chi connectivity index (χ1v) is 5.55. The van der Waals surface area contributed by atoms with Crippen molar-refractivity contribution in [3.05, 3.63) is 35.6 Å². The van der Waals surface area contributed by atoms with Gasteiger partial charge in [0.05, 0.1) is 6.61 Å². The lowest BCUT2D eigenvalue weighted by atomic mass is 10.1. The molecule has 19 heavy (non-hydrogen) atoms. The third kappa shape index (κ3) is 5.52. The molecule has 2 nitrogen and oxygen atoms in total. The Morgan fingerprint density at radius 1 is 1.16 bits per heavy atom. The molecule has 0 amide bonds. The Morgan fingerprint density at radius 2 is 1.74 bits per heavy atom. The van der Waals surface area contributed by atoms with Crippen molar-refractivity contribution in [1.29, 1.82) is 0 Å². The van der Waals surface area contributed by atoms with Crippen LogP contribution in [0, 0.1) is 5.82 Å². The Morgan fingerprint density at radius 3 is 2.26 bits per heavy atom. The average molecular weight is 283 g/mol. The third-order valence-corrected chi connectivity index (χ3v) is 2.36. The normalized spacial score (nSPS) is 13.8. The van der Waals surface area contributed by atoms with Gasteiger partial charge in [-0.05, 0) is 24.1 Å². The van der Waals surface area contributed by atoms with Crippen LogP contribution >= 0.6 is 0 Å². The second-order valence-electron chi connectivity index (χ2n) is 4.17. The van der Waals surface area contributed by atoms with E-state index in [1.165, 1.54) is 24.3 Å². The SMILES string of the molecule is NC(COCC(F)(F)C(F)F)Cc1ccc(F)cc1. The van der Waals surface area contributed by atoms with Crippen molar-refractivity contribution in [2.24, 2.45) is 5.73 Å². The van der Waals surface area contributed by atoms with Crippen LogP contribution in [0.2, 0.25) is 0 Å². The van der Waals surface area contributed by atoms with Gasteiger partial charge >= 0.3 is 12.3 Å². The summed E-state index contributed by atoms with van der Waals surface area (Å²) >= 11 is 0. The molecule has 0 aliphatic heterocycles. The second kappa shape index (κ2) is 6.81. The molecule has 0 radical (unpaired) electrons. The first kappa shape index (κ1) is 15.8. The number of rotatable bonds is 7. The number of nitrogens with two attached hydrogens (primary N) is 1. The molecular weight excluding hydrogens is 269 g/mol. The van der Waals surface area contributed by atoms with Crippen molar-refractivity contribution in [3.8, 4) is 0 Å². The topological polar surface area (TPSA) is 35.2 Å². The molecule has 0 saturated carbocycles. The lowest BCUT2D eigenvalue weighted by molar-refractivity contribution is -0.166. The predicted octanol–water partition coefficient (Wildman–Crippen LogP) is 2.61. The van der Waals surface area contributed by atoms with Crippen LogP contribution in [-0.4, -0.2) is 31.6 Å². The Labute approximate surface area is 107 Å². The highest BCUT2D eigenvalue weighted by Gasteiger charge is 2.40. The zero-order chi connectivity index (χ0) is 14.5. The van der Waals surface area contributed by atoms with E-state index in [1.807, 2.05) is 0 Å². The number of benzene rings is 1. The lowest BCUT2D eigenvalue weighted by Crippen LogP contribution is -2.36. The highest BCUT2D eigenvalue weighted by atomic mass is 19.3. The Bertz CT molecular complexity index is 382. The molecule has 7 heteroatoms. The highest BCUT2D eigenvalue weighted by molar-refractivity contribution is 5.17. The average Bonchev–Trinajstić information content (AvgIpc) is 2.31. The maximum absolute atomic E-state index is 12.6. The van der Waals surface area contributed by atoms with E-state index < -0.39 is 30.8 Å². The maximum Gasteiger partial charge on any atom is 0.330 e. The zero-order valence-corrected chi connectivity index (χ0v) is 9.96. The number of hydrogen-bond acceptors (Lipinski definition) is 2. The van der Waals surface area contributed by atoms with Crippen molar-refractivity contribution < 1.29 is 26.7 Å². The van der Waals surface area contributed by atoms with Gasteiger partial charge in [-0.15, -0.1) is 0 Å². The van der Waals surface area contributed by atoms with Gasteiger partial charge in [-0.1, -0.05) is 12.1 Å². The van der Waals surface area contributed by atoms with E-state index >= 15 is 0 Å². The minimum Gasteiger partial charge on any atom is -0.373 e. The Kier molecular flexibility index (Phi) is 5.68. The van der Waals surface area contributed by atoms with Gasteiger partial charge in [0.2, 0.25) is 0 Å². The summed E-state index contributed by atoms with van der Waals surface area (Å²) in [6.45, 7) is -1.65. The van der Waals surface area contributed by atoms with E-state index in [-0.39, 0.29) is 13.0 Å². The number of alkyl halides is 4. The Balaban J connectivity index is 2.32. The first-order valence-electron chi connectivity index (χ1n) is 5.55. The maximum atomic E-state index is 12.6. The van der Waals surface area contributed by atoms with E-state index in [2.05, 4.69) is 4.74 Å². The van der Waals surface area contributed by atoms with Gasteiger partial charge in [0.15, 0.2) is 0 Å². The zero-order valence-electron chi connectivity index (χ0n) is 9.96. The van der Waals surface area contributed by atoms with Gasteiger partial charge < -0.3 is 10.5 Å². The first-order chi connectivity index (χ1) is 8.81. The lowest BCUT2D eigenvalue weighted by Gasteiger charge is -2.17. The van der Waals surface area contributed by atoms with Gasteiger partial charge in [-0.25, -0.2) is 13.2 Å². The minimum absolute atomic E-state index is 0.278. The van der Waals surface area contributed by atoms with Crippen LogP contribution < -0.4 is 5.73 Å². The van der Waals surface area contributed by atoms with Crippen LogP contribution in [-0.2, 0) is 11.2 Å². The molecule has 1 unspecified atom stereocenters. The van der Waals surface area contributed by atoms with Crippen molar-refractivity contribution in [3.63, 3.8) is 0 Å². The summed E-state index contributed by atoms with van der Waals surface area (Å²) in [6, 6.07) is 4.87.